The standard InChI is InChI=1S/C12H8BrF2N3O/c13-11-9(2-1-3-17-11)18-12(19)7-4-6(14)5-8(16)10(7)15/h1-5H,16H2,(H,18,19). The summed E-state index contributed by atoms with van der Waals surface area (Å²) in [6.45, 7) is 0. The van der Waals surface area contributed by atoms with Crippen LogP contribution in [0.2, 0.25) is 0 Å². The van der Waals surface area contributed by atoms with Crippen LogP contribution in [0.15, 0.2) is 35.1 Å². The average Bonchev–Trinajstić information content (AvgIpc) is 2.36. The van der Waals surface area contributed by atoms with Crippen molar-refractivity contribution in [2.75, 3.05) is 11.1 Å². The molecule has 0 atom stereocenters. The predicted octanol–water partition coefficient (Wildman–Crippen LogP) is 2.96. The second-order valence-electron chi connectivity index (χ2n) is 3.65. The number of rotatable bonds is 2. The minimum Gasteiger partial charge on any atom is -0.396 e. The van der Waals surface area contributed by atoms with Gasteiger partial charge in [-0.2, -0.15) is 0 Å². The third-order valence-corrected chi connectivity index (χ3v) is 2.95. The Morgan fingerprint density at radius 3 is 2.79 bits per heavy atom. The fraction of sp³-hybridized carbons (Fsp3) is 0. The van der Waals surface area contributed by atoms with E-state index in [0.29, 0.717) is 10.3 Å². The summed E-state index contributed by atoms with van der Waals surface area (Å²) < 4.78 is 27.2. The highest BCUT2D eigenvalue weighted by Gasteiger charge is 2.17. The van der Waals surface area contributed by atoms with Crippen molar-refractivity contribution in [3.05, 3.63) is 52.3 Å². The number of nitrogen functional groups attached to an aromatic ring is 1. The van der Waals surface area contributed by atoms with Crippen LogP contribution in [0.1, 0.15) is 10.4 Å². The SMILES string of the molecule is Nc1cc(F)cc(C(=O)Nc2cccnc2Br)c1F. The van der Waals surface area contributed by atoms with Gasteiger partial charge in [-0.05, 0) is 40.2 Å². The molecule has 1 heterocycles. The van der Waals surface area contributed by atoms with Gasteiger partial charge in [-0.3, -0.25) is 4.79 Å². The summed E-state index contributed by atoms with van der Waals surface area (Å²) in [7, 11) is 0. The van der Waals surface area contributed by atoms with Crippen molar-refractivity contribution >= 4 is 33.2 Å². The molecule has 2 rings (SSSR count). The molecular weight excluding hydrogens is 320 g/mol. The molecule has 2 aromatic rings. The van der Waals surface area contributed by atoms with E-state index < -0.39 is 28.8 Å². The van der Waals surface area contributed by atoms with Gasteiger partial charge in [0.1, 0.15) is 10.4 Å². The van der Waals surface area contributed by atoms with E-state index in [2.05, 4.69) is 26.2 Å². The van der Waals surface area contributed by atoms with Gasteiger partial charge in [0.15, 0.2) is 5.82 Å². The monoisotopic (exact) mass is 327 g/mol. The molecule has 4 nitrogen and oxygen atoms in total. The summed E-state index contributed by atoms with van der Waals surface area (Å²) in [6.07, 6.45) is 1.51. The van der Waals surface area contributed by atoms with E-state index in [1.165, 1.54) is 6.20 Å². The summed E-state index contributed by atoms with van der Waals surface area (Å²) in [5.41, 5.74) is 4.72. The van der Waals surface area contributed by atoms with Crippen molar-refractivity contribution in [2.45, 2.75) is 0 Å². The minimum absolute atomic E-state index is 0.342. The van der Waals surface area contributed by atoms with Crippen LogP contribution in [0.25, 0.3) is 0 Å². The molecule has 3 N–H and O–H groups in total. The average molecular weight is 328 g/mol. The van der Waals surface area contributed by atoms with Gasteiger partial charge in [0.2, 0.25) is 0 Å². The molecule has 1 aromatic carbocycles. The zero-order chi connectivity index (χ0) is 14.0. The maximum absolute atomic E-state index is 13.7. The third-order valence-electron chi connectivity index (χ3n) is 2.32. The number of hydrogen-bond acceptors (Lipinski definition) is 3. The Bertz CT molecular complexity index is 649. The van der Waals surface area contributed by atoms with Gasteiger partial charge in [0.25, 0.3) is 5.91 Å². The number of amides is 1. The molecule has 98 valence electrons. The largest absolute Gasteiger partial charge is 0.396 e. The Morgan fingerprint density at radius 1 is 1.37 bits per heavy atom. The number of aromatic nitrogens is 1. The lowest BCUT2D eigenvalue weighted by atomic mass is 10.1. The Hall–Kier alpha value is -2.02. The van der Waals surface area contributed by atoms with Crippen LogP contribution in [0.5, 0.6) is 0 Å². The number of anilines is 2. The number of carbonyl (C=O) groups is 1. The first-order valence-corrected chi connectivity index (χ1v) is 5.94. The van der Waals surface area contributed by atoms with Crippen molar-refractivity contribution in [1.29, 1.82) is 0 Å². The van der Waals surface area contributed by atoms with Crippen molar-refractivity contribution < 1.29 is 13.6 Å². The van der Waals surface area contributed by atoms with E-state index in [-0.39, 0.29) is 0 Å². The lowest BCUT2D eigenvalue weighted by molar-refractivity contribution is 0.102. The number of nitrogens with zero attached hydrogens (tertiary/aromatic N) is 1. The van der Waals surface area contributed by atoms with Gasteiger partial charge >= 0.3 is 0 Å². The van der Waals surface area contributed by atoms with Crippen LogP contribution in [-0.2, 0) is 0 Å². The lowest BCUT2D eigenvalue weighted by Gasteiger charge is -2.08. The van der Waals surface area contributed by atoms with E-state index in [4.69, 9.17) is 5.73 Å². The second-order valence-corrected chi connectivity index (χ2v) is 4.40. The molecule has 1 aromatic heterocycles. The highest BCUT2D eigenvalue weighted by Crippen LogP contribution is 2.22. The van der Waals surface area contributed by atoms with Crippen LogP contribution in [0.4, 0.5) is 20.2 Å². The topological polar surface area (TPSA) is 68.0 Å². The lowest BCUT2D eigenvalue weighted by Crippen LogP contribution is -2.15. The fourth-order valence-corrected chi connectivity index (χ4v) is 1.79. The first kappa shape index (κ1) is 13.4. The number of hydrogen-bond donors (Lipinski definition) is 2. The zero-order valence-electron chi connectivity index (χ0n) is 9.45. The predicted molar refractivity (Wildman–Crippen MR) is 70.7 cm³/mol. The molecule has 0 saturated heterocycles. The highest BCUT2D eigenvalue weighted by atomic mass is 79.9. The number of pyridine rings is 1. The zero-order valence-corrected chi connectivity index (χ0v) is 11.0. The smallest absolute Gasteiger partial charge is 0.258 e. The highest BCUT2D eigenvalue weighted by molar-refractivity contribution is 9.10. The molecule has 19 heavy (non-hydrogen) atoms. The summed E-state index contributed by atoms with van der Waals surface area (Å²) in [4.78, 5) is 15.8. The third kappa shape index (κ3) is 2.87. The molecule has 7 heteroatoms. The molecule has 1 amide bonds. The summed E-state index contributed by atoms with van der Waals surface area (Å²) in [6, 6.07) is 4.75. The van der Waals surface area contributed by atoms with E-state index in [1.807, 2.05) is 0 Å². The van der Waals surface area contributed by atoms with Gasteiger partial charge in [0.05, 0.1) is 16.9 Å². The van der Waals surface area contributed by atoms with Gasteiger partial charge < -0.3 is 11.1 Å². The van der Waals surface area contributed by atoms with Crippen LogP contribution >= 0.6 is 15.9 Å². The minimum atomic E-state index is -0.959. The first-order valence-electron chi connectivity index (χ1n) is 5.15. The fourth-order valence-electron chi connectivity index (χ4n) is 1.44. The Morgan fingerprint density at radius 2 is 2.11 bits per heavy atom. The molecule has 0 unspecified atom stereocenters. The van der Waals surface area contributed by atoms with E-state index in [1.54, 1.807) is 12.1 Å². The summed E-state index contributed by atoms with van der Waals surface area (Å²) in [5.74, 6) is -2.55. The van der Waals surface area contributed by atoms with Gasteiger partial charge in [-0.25, -0.2) is 13.8 Å². The molecule has 0 aliphatic carbocycles. The molecule has 0 bridgehead atoms. The molecule has 0 aliphatic rings. The number of nitrogens with one attached hydrogen (secondary N) is 1. The normalized spacial score (nSPS) is 10.3. The van der Waals surface area contributed by atoms with E-state index >= 15 is 0 Å². The van der Waals surface area contributed by atoms with E-state index in [9.17, 15) is 13.6 Å². The van der Waals surface area contributed by atoms with Crippen molar-refractivity contribution in [3.63, 3.8) is 0 Å². The van der Waals surface area contributed by atoms with Gasteiger partial charge in [0, 0.05) is 6.20 Å². The van der Waals surface area contributed by atoms with Crippen LogP contribution < -0.4 is 11.1 Å². The maximum Gasteiger partial charge on any atom is 0.258 e. The second kappa shape index (κ2) is 5.31. The van der Waals surface area contributed by atoms with Gasteiger partial charge in [-0.1, -0.05) is 0 Å². The summed E-state index contributed by atoms with van der Waals surface area (Å²) >= 11 is 3.13. The Labute approximate surface area is 115 Å². The quantitative estimate of drug-likeness (QED) is 0.658. The van der Waals surface area contributed by atoms with Crippen molar-refractivity contribution in [2.24, 2.45) is 0 Å². The number of benzene rings is 1. The van der Waals surface area contributed by atoms with Crippen LogP contribution in [0.3, 0.4) is 0 Å². The van der Waals surface area contributed by atoms with E-state index in [0.717, 1.165) is 12.1 Å². The van der Waals surface area contributed by atoms with Crippen molar-refractivity contribution in [3.8, 4) is 0 Å². The number of carbonyl (C=O) groups excluding carboxylic acids is 1. The molecule has 0 saturated carbocycles. The maximum atomic E-state index is 13.7. The molecule has 0 radical (unpaired) electrons. The molecule has 0 aliphatic heterocycles. The van der Waals surface area contributed by atoms with Gasteiger partial charge in [-0.15, -0.1) is 0 Å². The van der Waals surface area contributed by atoms with Crippen LogP contribution in [0, 0.1) is 11.6 Å². The van der Waals surface area contributed by atoms with Crippen molar-refractivity contribution in [1.82, 2.24) is 4.98 Å². The molecular formula is C12H8BrF2N3O. The molecule has 0 spiro atoms. The summed E-state index contributed by atoms with van der Waals surface area (Å²) in [5, 5.41) is 2.41. The Balaban J connectivity index is 2.33. The Kier molecular flexibility index (Phi) is 3.75. The molecule has 0 fully saturated rings. The van der Waals surface area contributed by atoms with Crippen LogP contribution in [-0.4, -0.2) is 10.9 Å². The first-order chi connectivity index (χ1) is 8.99. The number of halogens is 3. The number of nitrogens with two attached hydrogens (primary N) is 1.